The fourth-order valence-electron chi connectivity index (χ4n) is 1.61. The maximum atomic E-state index is 11.7. The van der Waals surface area contributed by atoms with Gasteiger partial charge in [-0.2, -0.15) is 13.2 Å². The molecule has 1 saturated carbocycles. The Morgan fingerprint density at radius 2 is 1.93 bits per heavy atom. The quantitative estimate of drug-likeness (QED) is 0.686. The smallest absolute Gasteiger partial charge is 0.316 e. The van der Waals surface area contributed by atoms with Crippen LogP contribution in [-0.2, 0) is 0 Å². The lowest BCUT2D eigenvalue weighted by Crippen LogP contribution is -2.21. The van der Waals surface area contributed by atoms with Gasteiger partial charge in [0.05, 0.1) is 0 Å². The molecule has 0 saturated heterocycles. The van der Waals surface area contributed by atoms with Crippen LogP contribution in [0.1, 0.15) is 33.1 Å². The molecule has 1 N–H and O–H groups in total. The molecule has 1 fully saturated rings. The van der Waals surface area contributed by atoms with Crippen molar-refractivity contribution in [2.75, 3.05) is 13.1 Å². The summed E-state index contributed by atoms with van der Waals surface area (Å²) in [5.41, 5.74) is 0.414. The maximum absolute atomic E-state index is 11.7. The zero-order chi connectivity index (χ0) is 10.8. The summed E-state index contributed by atoms with van der Waals surface area (Å²) in [5, 5.41) is 3.08. The van der Waals surface area contributed by atoms with Crippen molar-refractivity contribution in [1.82, 2.24) is 5.32 Å². The highest BCUT2D eigenvalue weighted by Crippen LogP contribution is 2.50. The number of hydrogen-bond donors (Lipinski definition) is 1. The molecule has 1 unspecified atom stereocenters. The molecule has 0 spiro atoms. The van der Waals surface area contributed by atoms with E-state index in [9.17, 15) is 13.2 Å². The summed E-state index contributed by atoms with van der Waals surface area (Å²) >= 11 is 0. The van der Waals surface area contributed by atoms with Crippen LogP contribution in [0.3, 0.4) is 0 Å². The van der Waals surface area contributed by atoms with Gasteiger partial charge in [-0.15, -0.1) is 0 Å². The SMILES string of the molecule is CC1(C)CC1CNCCCC(F)(F)F. The van der Waals surface area contributed by atoms with E-state index < -0.39 is 12.6 Å². The van der Waals surface area contributed by atoms with Crippen molar-refractivity contribution >= 4 is 0 Å². The predicted octanol–water partition coefficient (Wildman–Crippen LogP) is 2.96. The Bertz CT molecular complexity index is 186. The molecule has 4 heteroatoms. The molecule has 1 aliphatic rings. The minimum atomic E-state index is -4.00. The fourth-order valence-corrected chi connectivity index (χ4v) is 1.61. The second-order valence-corrected chi connectivity index (χ2v) is 4.81. The first-order chi connectivity index (χ1) is 6.31. The van der Waals surface area contributed by atoms with E-state index in [1.807, 2.05) is 0 Å². The first kappa shape index (κ1) is 11.8. The van der Waals surface area contributed by atoms with E-state index in [0.29, 0.717) is 17.9 Å². The average molecular weight is 209 g/mol. The van der Waals surface area contributed by atoms with E-state index in [1.165, 1.54) is 6.42 Å². The van der Waals surface area contributed by atoms with E-state index in [2.05, 4.69) is 19.2 Å². The minimum Gasteiger partial charge on any atom is -0.316 e. The van der Waals surface area contributed by atoms with Gasteiger partial charge in [0, 0.05) is 6.42 Å². The third-order valence-electron chi connectivity index (χ3n) is 2.92. The van der Waals surface area contributed by atoms with Crippen LogP contribution in [0.4, 0.5) is 13.2 Å². The van der Waals surface area contributed by atoms with Crippen molar-refractivity contribution in [3.63, 3.8) is 0 Å². The van der Waals surface area contributed by atoms with E-state index in [1.54, 1.807) is 0 Å². The number of alkyl halides is 3. The van der Waals surface area contributed by atoms with Crippen LogP contribution in [-0.4, -0.2) is 19.3 Å². The fraction of sp³-hybridized carbons (Fsp3) is 1.00. The number of rotatable bonds is 5. The van der Waals surface area contributed by atoms with Gasteiger partial charge < -0.3 is 5.32 Å². The van der Waals surface area contributed by atoms with Crippen LogP contribution >= 0.6 is 0 Å². The Hall–Kier alpha value is -0.250. The van der Waals surface area contributed by atoms with Gasteiger partial charge in [-0.25, -0.2) is 0 Å². The van der Waals surface area contributed by atoms with Gasteiger partial charge in [-0.1, -0.05) is 13.8 Å². The predicted molar refractivity (Wildman–Crippen MR) is 50.0 cm³/mol. The van der Waals surface area contributed by atoms with Gasteiger partial charge in [0.15, 0.2) is 0 Å². The van der Waals surface area contributed by atoms with Gasteiger partial charge >= 0.3 is 6.18 Å². The number of halogens is 3. The minimum absolute atomic E-state index is 0.191. The van der Waals surface area contributed by atoms with Crippen LogP contribution < -0.4 is 5.32 Å². The van der Waals surface area contributed by atoms with E-state index in [0.717, 1.165) is 6.54 Å². The normalized spacial score (nSPS) is 25.1. The van der Waals surface area contributed by atoms with E-state index in [4.69, 9.17) is 0 Å². The summed E-state index contributed by atoms with van der Waals surface area (Å²) in [6, 6.07) is 0. The van der Waals surface area contributed by atoms with Gasteiger partial charge in [0.2, 0.25) is 0 Å². The largest absolute Gasteiger partial charge is 0.389 e. The second-order valence-electron chi connectivity index (χ2n) is 4.81. The van der Waals surface area contributed by atoms with Crippen LogP contribution in [0.5, 0.6) is 0 Å². The van der Waals surface area contributed by atoms with Crippen molar-refractivity contribution < 1.29 is 13.2 Å². The molecule has 14 heavy (non-hydrogen) atoms. The summed E-state index contributed by atoms with van der Waals surface area (Å²) < 4.78 is 35.2. The second kappa shape index (κ2) is 4.09. The topological polar surface area (TPSA) is 12.0 Å². The molecule has 0 aliphatic heterocycles. The standard InChI is InChI=1S/C10H18F3N/c1-9(2)6-8(9)7-14-5-3-4-10(11,12)13/h8,14H,3-7H2,1-2H3. The van der Waals surface area contributed by atoms with Crippen LogP contribution in [0, 0.1) is 11.3 Å². The molecule has 1 atom stereocenters. The lowest BCUT2D eigenvalue weighted by Gasteiger charge is -2.07. The Kier molecular flexibility index (Phi) is 3.45. The molecule has 0 radical (unpaired) electrons. The molecular weight excluding hydrogens is 191 g/mol. The summed E-state index contributed by atoms with van der Waals surface area (Å²) in [6.07, 6.45) is -3.29. The maximum Gasteiger partial charge on any atom is 0.389 e. The summed E-state index contributed by atoms with van der Waals surface area (Å²) in [6.45, 7) is 5.72. The van der Waals surface area contributed by atoms with Crippen molar-refractivity contribution in [2.24, 2.45) is 11.3 Å². The van der Waals surface area contributed by atoms with E-state index in [-0.39, 0.29) is 6.42 Å². The molecule has 1 aliphatic carbocycles. The van der Waals surface area contributed by atoms with Crippen molar-refractivity contribution in [1.29, 1.82) is 0 Å². The molecule has 1 rings (SSSR count). The Balaban J connectivity index is 1.91. The summed E-state index contributed by atoms with van der Waals surface area (Å²) in [7, 11) is 0. The molecule has 0 aromatic heterocycles. The Labute approximate surface area is 83.1 Å². The van der Waals surface area contributed by atoms with Crippen LogP contribution in [0.25, 0.3) is 0 Å². The van der Waals surface area contributed by atoms with Crippen molar-refractivity contribution in [3.05, 3.63) is 0 Å². The lowest BCUT2D eigenvalue weighted by atomic mass is 10.1. The Morgan fingerprint density at radius 3 is 2.36 bits per heavy atom. The summed E-state index contributed by atoms with van der Waals surface area (Å²) in [4.78, 5) is 0. The zero-order valence-electron chi connectivity index (χ0n) is 8.75. The monoisotopic (exact) mass is 209 g/mol. The zero-order valence-corrected chi connectivity index (χ0v) is 8.75. The van der Waals surface area contributed by atoms with E-state index >= 15 is 0 Å². The number of hydrogen-bond acceptors (Lipinski definition) is 1. The first-order valence-corrected chi connectivity index (χ1v) is 5.09. The van der Waals surface area contributed by atoms with Gasteiger partial charge in [0.1, 0.15) is 0 Å². The van der Waals surface area contributed by atoms with Crippen molar-refractivity contribution in [3.8, 4) is 0 Å². The van der Waals surface area contributed by atoms with Crippen molar-refractivity contribution in [2.45, 2.75) is 39.3 Å². The molecule has 1 nitrogen and oxygen atoms in total. The van der Waals surface area contributed by atoms with Gasteiger partial charge in [0.25, 0.3) is 0 Å². The van der Waals surface area contributed by atoms with Gasteiger partial charge in [-0.3, -0.25) is 0 Å². The molecule has 0 heterocycles. The lowest BCUT2D eigenvalue weighted by molar-refractivity contribution is -0.135. The highest BCUT2D eigenvalue weighted by molar-refractivity contribution is 4.95. The summed E-state index contributed by atoms with van der Waals surface area (Å²) in [5.74, 6) is 0.661. The Morgan fingerprint density at radius 1 is 1.36 bits per heavy atom. The third kappa shape index (κ3) is 4.31. The third-order valence-corrected chi connectivity index (χ3v) is 2.92. The molecule has 0 aromatic rings. The number of nitrogens with one attached hydrogen (secondary N) is 1. The van der Waals surface area contributed by atoms with Crippen LogP contribution in [0.15, 0.2) is 0 Å². The first-order valence-electron chi connectivity index (χ1n) is 5.09. The van der Waals surface area contributed by atoms with Crippen LogP contribution in [0.2, 0.25) is 0 Å². The van der Waals surface area contributed by atoms with Gasteiger partial charge in [-0.05, 0) is 37.3 Å². The highest BCUT2D eigenvalue weighted by Gasteiger charge is 2.44. The molecular formula is C10H18F3N. The highest BCUT2D eigenvalue weighted by atomic mass is 19.4. The molecule has 84 valence electrons. The molecule has 0 aromatic carbocycles. The molecule has 0 amide bonds. The average Bonchev–Trinajstić information content (AvgIpc) is 2.56. The molecule has 0 bridgehead atoms.